The van der Waals surface area contributed by atoms with Crippen LogP contribution in [0.25, 0.3) is 0 Å². The molecule has 1 fully saturated rings. The number of para-hydroxylation sites is 1. The van der Waals surface area contributed by atoms with E-state index in [9.17, 15) is 14.9 Å². The van der Waals surface area contributed by atoms with E-state index in [4.69, 9.17) is 9.47 Å². The molecule has 24 heavy (non-hydrogen) atoms. The van der Waals surface area contributed by atoms with Crippen molar-refractivity contribution in [2.24, 2.45) is 0 Å². The summed E-state index contributed by atoms with van der Waals surface area (Å²) in [4.78, 5) is 25.1. The first-order valence-corrected chi connectivity index (χ1v) is 7.76. The first-order valence-electron chi connectivity index (χ1n) is 7.76. The molecule has 2 rings (SSSR count). The maximum Gasteiger partial charge on any atom is 0.410 e. The Hall–Kier alpha value is -2.35. The van der Waals surface area contributed by atoms with Crippen molar-refractivity contribution in [3.8, 4) is 5.75 Å². The Labute approximate surface area is 140 Å². The number of carbonyl (C=O) groups is 1. The second-order valence-electron chi connectivity index (χ2n) is 6.55. The number of methoxy groups -OCH3 is 1. The van der Waals surface area contributed by atoms with Gasteiger partial charge in [0.2, 0.25) is 0 Å². The summed E-state index contributed by atoms with van der Waals surface area (Å²) in [6.07, 6.45) is -0.480. The van der Waals surface area contributed by atoms with Gasteiger partial charge in [-0.05, 0) is 32.9 Å². The Morgan fingerprint density at radius 3 is 2.71 bits per heavy atom. The molecule has 1 aromatic rings. The molecule has 8 heteroatoms. The fourth-order valence-corrected chi connectivity index (χ4v) is 2.69. The van der Waals surface area contributed by atoms with Gasteiger partial charge in [0.05, 0.1) is 23.6 Å². The van der Waals surface area contributed by atoms with E-state index in [-0.39, 0.29) is 11.4 Å². The van der Waals surface area contributed by atoms with Crippen LogP contribution in [0.4, 0.5) is 10.5 Å². The standard InChI is InChI=1S/C16H23N3O5/c1-16(2,3)24-15(20)18-9-8-17-10-12(18)11-6-5-7-13(23-4)14(11)19(21)22/h5-7,12,17H,8-10H2,1-4H3. The van der Waals surface area contributed by atoms with Crippen molar-refractivity contribution in [3.63, 3.8) is 0 Å². The summed E-state index contributed by atoms with van der Waals surface area (Å²) < 4.78 is 10.6. The van der Waals surface area contributed by atoms with E-state index in [0.29, 0.717) is 25.2 Å². The molecule has 0 bridgehead atoms. The van der Waals surface area contributed by atoms with Crippen LogP contribution in [0, 0.1) is 10.1 Å². The molecule has 1 atom stereocenters. The summed E-state index contributed by atoms with van der Waals surface area (Å²) in [5, 5.41) is 14.7. The van der Waals surface area contributed by atoms with Gasteiger partial charge >= 0.3 is 11.8 Å². The molecular weight excluding hydrogens is 314 g/mol. The summed E-state index contributed by atoms with van der Waals surface area (Å²) in [5.74, 6) is 0.173. The Kier molecular flexibility index (Phi) is 5.28. The number of piperazine rings is 1. The minimum absolute atomic E-state index is 0.123. The van der Waals surface area contributed by atoms with Gasteiger partial charge in [-0.3, -0.25) is 15.0 Å². The smallest absolute Gasteiger partial charge is 0.410 e. The fourth-order valence-electron chi connectivity index (χ4n) is 2.69. The third kappa shape index (κ3) is 3.94. The van der Waals surface area contributed by atoms with Gasteiger partial charge < -0.3 is 14.8 Å². The van der Waals surface area contributed by atoms with Crippen molar-refractivity contribution in [2.75, 3.05) is 26.7 Å². The van der Waals surface area contributed by atoms with Gasteiger partial charge in [-0.15, -0.1) is 0 Å². The van der Waals surface area contributed by atoms with Gasteiger partial charge in [0, 0.05) is 19.6 Å². The number of benzene rings is 1. The Balaban J connectivity index is 2.41. The lowest BCUT2D eigenvalue weighted by atomic mass is 10.0. The number of ether oxygens (including phenoxy) is 2. The van der Waals surface area contributed by atoms with E-state index in [1.54, 1.807) is 32.9 Å². The molecule has 0 aliphatic carbocycles. The summed E-state index contributed by atoms with van der Waals surface area (Å²) >= 11 is 0. The van der Waals surface area contributed by atoms with Crippen LogP contribution in [0.2, 0.25) is 0 Å². The maximum absolute atomic E-state index is 12.5. The second-order valence-corrected chi connectivity index (χ2v) is 6.55. The van der Waals surface area contributed by atoms with Crippen LogP contribution in [-0.2, 0) is 4.74 Å². The maximum atomic E-state index is 12.5. The molecule has 1 saturated heterocycles. The molecule has 0 spiro atoms. The van der Waals surface area contributed by atoms with E-state index in [1.807, 2.05) is 0 Å². The molecule has 132 valence electrons. The highest BCUT2D eigenvalue weighted by atomic mass is 16.6. The van der Waals surface area contributed by atoms with Crippen LogP contribution in [0.1, 0.15) is 32.4 Å². The molecule has 1 N–H and O–H groups in total. The monoisotopic (exact) mass is 337 g/mol. The van der Waals surface area contributed by atoms with Crippen LogP contribution in [-0.4, -0.2) is 48.3 Å². The summed E-state index contributed by atoms with van der Waals surface area (Å²) in [5.41, 5.74) is -0.327. The van der Waals surface area contributed by atoms with Crippen molar-refractivity contribution in [3.05, 3.63) is 33.9 Å². The van der Waals surface area contributed by atoms with Crippen LogP contribution >= 0.6 is 0 Å². The molecule has 1 aliphatic heterocycles. The minimum atomic E-state index is -0.632. The predicted octanol–water partition coefficient (Wildman–Crippen LogP) is 2.48. The number of hydrogen-bond donors (Lipinski definition) is 1. The average molecular weight is 337 g/mol. The molecule has 1 unspecified atom stereocenters. The lowest BCUT2D eigenvalue weighted by Crippen LogP contribution is -2.50. The molecule has 8 nitrogen and oxygen atoms in total. The van der Waals surface area contributed by atoms with Gasteiger partial charge in [0.25, 0.3) is 0 Å². The van der Waals surface area contributed by atoms with E-state index in [1.165, 1.54) is 18.1 Å². The number of nitro groups is 1. The van der Waals surface area contributed by atoms with Crippen molar-refractivity contribution in [1.29, 1.82) is 0 Å². The summed E-state index contributed by atoms with van der Waals surface area (Å²) in [6.45, 7) is 6.79. The van der Waals surface area contributed by atoms with Crippen LogP contribution in [0.5, 0.6) is 5.75 Å². The normalized spacial score (nSPS) is 18.2. The molecular formula is C16H23N3O5. The summed E-state index contributed by atoms with van der Waals surface area (Å²) in [6, 6.07) is 4.37. The van der Waals surface area contributed by atoms with Crippen LogP contribution in [0.15, 0.2) is 18.2 Å². The lowest BCUT2D eigenvalue weighted by Gasteiger charge is -2.37. The highest BCUT2D eigenvalue weighted by Gasteiger charge is 2.36. The minimum Gasteiger partial charge on any atom is -0.490 e. The SMILES string of the molecule is COc1cccc(C2CNCCN2C(=O)OC(C)(C)C)c1[N+](=O)[O-]. The van der Waals surface area contributed by atoms with Crippen LogP contribution in [0.3, 0.4) is 0 Å². The third-order valence-electron chi connectivity index (χ3n) is 3.66. The zero-order chi connectivity index (χ0) is 17.9. The van der Waals surface area contributed by atoms with Crippen molar-refractivity contribution >= 4 is 11.8 Å². The van der Waals surface area contributed by atoms with E-state index >= 15 is 0 Å². The number of nitrogens with zero attached hydrogens (tertiary/aromatic N) is 2. The van der Waals surface area contributed by atoms with Crippen molar-refractivity contribution in [2.45, 2.75) is 32.4 Å². The quantitative estimate of drug-likeness (QED) is 0.673. The van der Waals surface area contributed by atoms with Gasteiger partial charge in [0.1, 0.15) is 5.60 Å². The molecule has 0 radical (unpaired) electrons. The average Bonchev–Trinajstić information content (AvgIpc) is 2.52. The molecule has 0 saturated carbocycles. The first-order chi connectivity index (χ1) is 11.2. The highest BCUT2D eigenvalue weighted by Crippen LogP contribution is 2.37. The Morgan fingerprint density at radius 1 is 1.42 bits per heavy atom. The second kappa shape index (κ2) is 7.04. The van der Waals surface area contributed by atoms with Gasteiger partial charge in [-0.2, -0.15) is 0 Å². The molecule has 0 aromatic heterocycles. The van der Waals surface area contributed by atoms with Gasteiger partial charge in [0.15, 0.2) is 5.75 Å². The van der Waals surface area contributed by atoms with Crippen LogP contribution < -0.4 is 10.1 Å². The first kappa shape index (κ1) is 18.0. The number of rotatable bonds is 3. The molecule has 1 aliphatic rings. The number of hydrogen-bond acceptors (Lipinski definition) is 6. The number of amides is 1. The summed E-state index contributed by atoms with van der Waals surface area (Å²) in [7, 11) is 1.39. The molecule has 1 heterocycles. The van der Waals surface area contributed by atoms with Gasteiger partial charge in [-0.1, -0.05) is 6.07 Å². The van der Waals surface area contributed by atoms with E-state index < -0.39 is 22.7 Å². The number of nitrogens with one attached hydrogen (secondary N) is 1. The molecule has 1 amide bonds. The van der Waals surface area contributed by atoms with Crippen molar-refractivity contribution in [1.82, 2.24) is 10.2 Å². The van der Waals surface area contributed by atoms with Crippen molar-refractivity contribution < 1.29 is 19.2 Å². The zero-order valence-corrected chi connectivity index (χ0v) is 14.4. The third-order valence-corrected chi connectivity index (χ3v) is 3.66. The number of nitro benzene ring substituents is 1. The molecule has 1 aromatic carbocycles. The Bertz CT molecular complexity index is 627. The Morgan fingerprint density at radius 2 is 2.12 bits per heavy atom. The number of carbonyl (C=O) groups excluding carboxylic acids is 1. The lowest BCUT2D eigenvalue weighted by molar-refractivity contribution is -0.386. The van der Waals surface area contributed by atoms with Gasteiger partial charge in [-0.25, -0.2) is 4.79 Å². The highest BCUT2D eigenvalue weighted by molar-refractivity contribution is 5.70. The van der Waals surface area contributed by atoms with E-state index in [0.717, 1.165) is 0 Å². The fraction of sp³-hybridized carbons (Fsp3) is 0.562. The zero-order valence-electron chi connectivity index (χ0n) is 14.4. The largest absolute Gasteiger partial charge is 0.490 e. The topological polar surface area (TPSA) is 93.9 Å². The van der Waals surface area contributed by atoms with E-state index in [2.05, 4.69) is 5.32 Å². The predicted molar refractivity (Wildman–Crippen MR) is 88.2 cm³/mol.